The number of hydrogen-bond donors (Lipinski definition) is 2. The molecular weight excluding hydrogens is 220 g/mol. The van der Waals surface area contributed by atoms with E-state index in [1.807, 2.05) is 0 Å². The van der Waals surface area contributed by atoms with Crippen molar-refractivity contribution in [1.29, 1.82) is 0 Å². The quantitative estimate of drug-likeness (QED) is 0.596. The Labute approximate surface area is 97.5 Å². The maximum absolute atomic E-state index is 11.7. The molecule has 0 aromatic heterocycles. The van der Waals surface area contributed by atoms with Gasteiger partial charge in [-0.05, 0) is 25.2 Å². The molecule has 4 aliphatic rings. The lowest BCUT2D eigenvalue weighted by molar-refractivity contribution is -0.126. The normalized spacial score (nSPS) is 42.1. The molecule has 2 aliphatic heterocycles. The van der Waals surface area contributed by atoms with Crippen LogP contribution in [0, 0.1) is 23.7 Å². The molecular formula is C11H12N4O2. The smallest absolute Gasteiger partial charge is 0.249 e. The fourth-order valence-corrected chi connectivity index (χ4v) is 3.69. The zero-order chi connectivity index (χ0) is 11.6. The second kappa shape index (κ2) is 2.94. The number of hydrogen-bond acceptors (Lipinski definition) is 4. The number of rotatable bonds is 0. The van der Waals surface area contributed by atoms with Gasteiger partial charge in [-0.15, -0.1) is 0 Å². The van der Waals surface area contributed by atoms with Gasteiger partial charge in [-0.25, -0.2) is 10.9 Å². The number of nitrogens with zero attached hydrogens (tertiary/aromatic N) is 2. The van der Waals surface area contributed by atoms with E-state index in [-0.39, 0.29) is 29.6 Å². The summed E-state index contributed by atoms with van der Waals surface area (Å²) in [6, 6.07) is 0. The summed E-state index contributed by atoms with van der Waals surface area (Å²) < 4.78 is 0. The first-order valence-electron chi connectivity index (χ1n) is 5.97. The summed E-state index contributed by atoms with van der Waals surface area (Å²) in [5, 5.41) is 8.26. The summed E-state index contributed by atoms with van der Waals surface area (Å²) in [6.07, 6.45) is 2.46. The molecule has 2 heterocycles. The first-order valence-corrected chi connectivity index (χ1v) is 5.97. The van der Waals surface area contributed by atoms with Crippen molar-refractivity contribution >= 4 is 23.2 Å². The molecule has 88 valence electrons. The van der Waals surface area contributed by atoms with Crippen LogP contribution in [0.2, 0.25) is 0 Å². The third kappa shape index (κ3) is 1.10. The van der Waals surface area contributed by atoms with E-state index in [1.54, 1.807) is 0 Å². The minimum absolute atomic E-state index is 0.00208. The number of carbonyl (C=O) groups excluding carboxylic acids is 2. The van der Waals surface area contributed by atoms with Crippen LogP contribution in [-0.2, 0) is 9.59 Å². The van der Waals surface area contributed by atoms with Gasteiger partial charge in [0.05, 0.1) is 23.3 Å². The summed E-state index contributed by atoms with van der Waals surface area (Å²) in [5.41, 5.74) is 7.05. The zero-order valence-electron chi connectivity index (χ0n) is 9.14. The van der Waals surface area contributed by atoms with Crippen LogP contribution in [0.4, 0.5) is 0 Å². The molecule has 2 bridgehead atoms. The molecule has 17 heavy (non-hydrogen) atoms. The molecule has 0 saturated heterocycles. The van der Waals surface area contributed by atoms with Gasteiger partial charge in [0, 0.05) is 5.92 Å². The molecule has 0 radical (unpaired) electrons. The van der Waals surface area contributed by atoms with Gasteiger partial charge < -0.3 is 0 Å². The lowest BCUT2D eigenvalue weighted by atomic mass is 9.62. The standard InChI is InChI=1S/C11H12N4O2/c16-10-6-2-4-1-5(9(6)13-14-10)3-7-8(4)11(17)15-12-7/h4-6,8H,1-3H2,(H,14,16)(H,15,17)/t4-,5+,6-,8-/m0/s1. The number of hydrazone groups is 2. The molecule has 0 unspecified atom stereocenters. The SMILES string of the molecule is O=C1NN=C2[C@H]3CC4=NNC(=O)[C@H]4[C@@H](C3)C[C@H]12. The molecule has 2 aliphatic carbocycles. The highest BCUT2D eigenvalue weighted by Crippen LogP contribution is 2.45. The fourth-order valence-electron chi connectivity index (χ4n) is 3.69. The van der Waals surface area contributed by atoms with Crippen LogP contribution in [0.15, 0.2) is 10.2 Å². The number of amides is 2. The monoisotopic (exact) mass is 232 g/mol. The van der Waals surface area contributed by atoms with Gasteiger partial charge in [-0.1, -0.05) is 0 Å². The largest absolute Gasteiger partial charge is 0.272 e. The van der Waals surface area contributed by atoms with Crippen LogP contribution < -0.4 is 10.9 Å². The van der Waals surface area contributed by atoms with Crippen molar-refractivity contribution in [3.8, 4) is 0 Å². The Kier molecular flexibility index (Phi) is 1.61. The maximum atomic E-state index is 11.7. The summed E-state index contributed by atoms with van der Waals surface area (Å²) >= 11 is 0. The first kappa shape index (κ1) is 9.32. The second-order valence-electron chi connectivity index (χ2n) is 5.25. The molecule has 2 N–H and O–H groups in total. The van der Waals surface area contributed by atoms with Crippen LogP contribution >= 0.6 is 0 Å². The van der Waals surface area contributed by atoms with Gasteiger partial charge in [-0.2, -0.15) is 10.2 Å². The van der Waals surface area contributed by atoms with Crippen molar-refractivity contribution < 1.29 is 9.59 Å². The summed E-state index contributed by atoms with van der Waals surface area (Å²) in [7, 11) is 0. The second-order valence-corrected chi connectivity index (χ2v) is 5.25. The predicted octanol–water partition coefficient (Wildman–Crippen LogP) is -0.380. The van der Waals surface area contributed by atoms with Gasteiger partial charge in [0.1, 0.15) is 0 Å². The van der Waals surface area contributed by atoms with E-state index in [4.69, 9.17) is 0 Å². The molecule has 2 fully saturated rings. The molecule has 2 saturated carbocycles. The lowest BCUT2D eigenvalue weighted by Crippen LogP contribution is -2.46. The minimum Gasteiger partial charge on any atom is -0.272 e. The average molecular weight is 232 g/mol. The molecule has 0 aromatic carbocycles. The van der Waals surface area contributed by atoms with Crippen molar-refractivity contribution in [2.24, 2.45) is 33.9 Å². The predicted molar refractivity (Wildman–Crippen MR) is 59.0 cm³/mol. The van der Waals surface area contributed by atoms with Crippen molar-refractivity contribution in [3.05, 3.63) is 0 Å². The molecule has 6 nitrogen and oxygen atoms in total. The fraction of sp³-hybridized carbons (Fsp3) is 0.636. The highest BCUT2D eigenvalue weighted by atomic mass is 16.2. The summed E-state index contributed by atoms with van der Waals surface area (Å²) in [5.74, 6) is 0.342. The molecule has 0 aromatic rings. The van der Waals surface area contributed by atoms with Gasteiger partial charge in [0.25, 0.3) is 0 Å². The van der Waals surface area contributed by atoms with Crippen molar-refractivity contribution in [2.75, 3.05) is 0 Å². The first-order chi connectivity index (χ1) is 8.24. The third-order valence-corrected chi connectivity index (χ3v) is 4.39. The van der Waals surface area contributed by atoms with Crippen molar-refractivity contribution in [2.45, 2.75) is 19.3 Å². The van der Waals surface area contributed by atoms with Gasteiger partial charge in [0.15, 0.2) is 0 Å². The van der Waals surface area contributed by atoms with E-state index >= 15 is 0 Å². The van der Waals surface area contributed by atoms with Crippen molar-refractivity contribution in [1.82, 2.24) is 10.9 Å². The highest BCUT2D eigenvalue weighted by molar-refractivity contribution is 6.15. The van der Waals surface area contributed by atoms with E-state index in [0.717, 1.165) is 30.7 Å². The molecule has 4 rings (SSSR count). The van der Waals surface area contributed by atoms with Gasteiger partial charge >= 0.3 is 0 Å². The zero-order valence-corrected chi connectivity index (χ0v) is 9.14. The topological polar surface area (TPSA) is 82.9 Å². The Morgan fingerprint density at radius 3 is 2.76 bits per heavy atom. The van der Waals surface area contributed by atoms with Crippen LogP contribution in [-0.4, -0.2) is 23.2 Å². The average Bonchev–Trinajstić information content (AvgIpc) is 2.85. The Hall–Kier alpha value is -1.72. The molecule has 2 amide bonds. The maximum Gasteiger partial charge on any atom is 0.249 e. The van der Waals surface area contributed by atoms with E-state index < -0.39 is 0 Å². The highest BCUT2D eigenvalue weighted by Gasteiger charge is 2.51. The van der Waals surface area contributed by atoms with E-state index in [2.05, 4.69) is 21.1 Å². The van der Waals surface area contributed by atoms with Crippen LogP contribution in [0.5, 0.6) is 0 Å². The van der Waals surface area contributed by atoms with E-state index in [0.29, 0.717) is 5.92 Å². The molecule has 0 spiro atoms. The number of carbonyl (C=O) groups is 2. The lowest BCUT2D eigenvalue weighted by Gasteiger charge is -2.39. The Morgan fingerprint density at radius 1 is 1.06 bits per heavy atom. The number of fused-ring (bicyclic) bond motifs is 6. The van der Waals surface area contributed by atoms with Gasteiger partial charge in [-0.3, -0.25) is 9.59 Å². The minimum atomic E-state index is -0.103. The van der Waals surface area contributed by atoms with Crippen molar-refractivity contribution in [3.63, 3.8) is 0 Å². The third-order valence-electron chi connectivity index (χ3n) is 4.39. The van der Waals surface area contributed by atoms with E-state index in [1.165, 1.54) is 0 Å². The molecule has 4 atom stereocenters. The number of nitrogens with one attached hydrogen (secondary N) is 2. The molecule has 6 heteroatoms. The van der Waals surface area contributed by atoms with E-state index in [9.17, 15) is 9.59 Å². The summed E-state index contributed by atoms with van der Waals surface area (Å²) in [4.78, 5) is 23.4. The summed E-state index contributed by atoms with van der Waals surface area (Å²) in [6.45, 7) is 0. The van der Waals surface area contributed by atoms with Crippen LogP contribution in [0.25, 0.3) is 0 Å². The van der Waals surface area contributed by atoms with Crippen LogP contribution in [0.1, 0.15) is 19.3 Å². The van der Waals surface area contributed by atoms with Gasteiger partial charge in [0.2, 0.25) is 11.8 Å². The Morgan fingerprint density at radius 2 is 1.88 bits per heavy atom. The Bertz CT molecular complexity index is 496. The Balaban J connectivity index is 1.73. The van der Waals surface area contributed by atoms with Crippen LogP contribution in [0.3, 0.4) is 0 Å².